The van der Waals surface area contributed by atoms with Crippen LogP contribution < -0.4 is 0 Å². The number of nitrogens with zero attached hydrogens (tertiary/aromatic N) is 6. The average Bonchev–Trinajstić information content (AvgIpc) is 2.98. The highest BCUT2D eigenvalue weighted by Gasteiger charge is 2.28. The summed E-state index contributed by atoms with van der Waals surface area (Å²) in [5.74, 6) is 0. The van der Waals surface area contributed by atoms with Crippen LogP contribution in [0, 0.1) is 0 Å². The number of thioether (sulfide) groups is 2. The Labute approximate surface area is 270 Å². The number of β-amino-alcohol motifs (C(OH)–C–C–N with tert-alkyl or cyclic N) is 1. The molecule has 2 fully saturated rings. The Bertz CT molecular complexity index is 1630. The lowest BCUT2D eigenvalue weighted by atomic mass is 9.98. The molecule has 2 saturated heterocycles. The van der Waals surface area contributed by atoms with Crippen molar-refractivity contribution in [2.75, 3.05) is 45.8 Å². The molecule has 0 bridgehead atoms. The Hall–Kier alpha value is -2.28. The quantitative estimate of drug-likeness (QED) is 0.205. The van der Waals surface area contributed by atoms with E-state index in [1.807, 2.05) is 48.9 Å². The Morgan fingerprint density at radius 3 is 1.63 bits per heavy atom. The second kappa shape index (κ2) is 13.4. The minimum Gasteiger partial charge on any atom is -0.390 e. The highest BCUT2D eigenvalue weighted by Crippen LogP contribution is 2.42. The average molecular weight is 656 g/mol. The summed E-state index contributed by atoms with van der Waals surface area (Å²) in [7, 11) is 1.75. The molecule has 1 N–H and O–H groups in total. The summed E-state index contributed by atoms with van der Waals surface area (Å²) in [6.07, 6.45) is 7.61. The second-order valence-corrected chi connectivity index (χ2v) is 13.0. The number of rotatable bonds is 10. The van der Waals surface area contributed by atoms with Crippen molar-refractivity contribution in [3.63, 3.8) is 0 Å². The maximum Gasteiger partial charge on any atom is 0.119 e. The molecule has 0 unspecified atom stereocenters. The van der Waals surface area contributed by atoms with Crippen molar-refractivity contribution in [2.24, 2.45) is 0 Å². The number of likely N-dealkylation sites (tertiary alicyclic amines) is 2. The van der Waals surface area contributed by atoms with Gasteiger partial charge in [0.15, 0.2) is 0 Å². The molecular formula is C31H32Cl2N6O2S2. The number of aliphatic hydroxyl groups is 1. The molecule has 0 amide bonds. The molecule has 4 aromatic rings. The SMILES string of the molecule is COC1CN(Cc2ncc(-c3cccc(-c4cccc(-c5cnc(CN6CC(O)C6)c(SC)n5)c4Cl)c3Cl)nc2SC)C1. The number of ether oxygens (including phenoxy) is 1. The summed E-state index contributed by atoms with van der Waals surface area (Å²) < 4.78 is 5.40. The second-order valence-electron chi connectivity index (χ2n) is 10.7. The van der Waals surface area contributed by atoms with Crippen LogP contribution in [0.3, 0.4) is 0 Å². The number of aliphatic hydroxyl groups excluding tert-OH is 1. The smallest absolute Gasteiger partial charge is 0.119 e. The molecule has 4 heterocycles. The van der Waals surface area contributed by atoms with Gasteiger partial charge in [-0.2, -0.15) is 0 Å². The summed E-state index contributed by atoms with van der Waals surface area (Å²) in [6.45, 7) is 4.52. The van der Waals surface area contributed by atoms with E-state index in [4.69, 9.17) is 47.9 Å². The Morgan fingerprint density at radius 1 is 0.767 bits per heavy atom. The van der Waals surface area contributed by atoms with Crippen molar-refractivity contribution in [2.45, 2.75) is 35.3 Å². The number of benzene rings is 2. The summed E-state index contributed by atoms with van der Waals surface area (Å²) >= 11 is 17.3. The lowest BCUT2D eigenvalue weighted by Gasteiger charge is -2.37. The van der Waals surface area contributed by atoms with Gasteiger partial charge in [-0.05, 0) is 12.5 Å². The first-order valence-corrected chi connectivity index (χ1v) is 17.1. The fourth-order valence-corrected chi connectivity index (χ4v) is 7.10. The van der Waals surface area contributed by atoms with Crippen LogP contribution in [-0.4, -0.2) is 92.9 Å². The van der Waals surface area contributed by atoms with Crippen LogP contribution in [0.5, 0.6) is 0 Å². The van der Waals surface area contributed by atoms with E-state index in [1.165, 1.54) is 0 Å². The van der Waals surface area contributed by atoms with Crippen molar-refractivity contribution in [3.05, 3.63) is 70.2 Å². The first-order chi connectivity index (χ1) is 20.9. The molecule has 12 heteroatoms. The maximum absolute atomic E-state index is 9.64. The number of halogens is 2. The molecule has 8 nitrogen and oxygen atoms in total. The van der Waals surface area contributed by atoms with Gasteiger partial charge in [-0.25, -0.2) is 9.97 Å². The first kappa shape index (κ1) is 30.7. The zero-order valence-electron chi connectivity index (χ0n) is 24.1. The number of hydrogen-bond donors (Lipinski definition) is 1. The van der Waals surface area contributed by atoms with Gasteiger partial charge in [0.05, 0.1) is 57.4 Å². The summed E-state index contributed by atoms with van der Waals surface area (Å²) in [5, 5.41) is 12.5. The van der Waals surface area contributed by atoms with Gasteiger partial charge >= 0.3 is 0 Å². The predicted octanol–water partition coefficient (Wildman–Crippen LogP) is 6.03. The lowest BCUT2D eigenvalue weighted by molar-refractivity contribution is -0.0343. The largest absolute Gasteiger partial charge is 0.390 e. The lowest BCUT2D eigenvalue weighted by Crippen LogP contribution is -2.51. The first-order valence-electron chi connectivity index (χ1n) is 13.9. The predicted molar refractivity (Wildman–Crippen MR) is 175 cm³/mol. The highest BCUT2D eigenvalue weighted by atomic mass is 35.5. The van der Waals surface area contributed by atoms with Gasteiger partial charge in [0.1, 0.15) is 10.1 Å². The van der Waals surface area contributed by atoms with E-state index in [9.17, 15) is 5.11 Å². The van der Waals surface area contributed by atoms with E-state index in [1.54, 1.807) is 43.0 Å². The van der Waals surface area contributed by atoms with Crippen molar-refractivity contribution in [1.29, 1.82) is 0 Å². The van der Waals surface area contributed by atoms with Gasteiger partial charge in [0.2, 0.25) is 0 Å². The highest BCUT2D eigenvalue weighted by molar-refractivity contribution is 7.98. The van der Waals surface area contributed by atoms with Crippen LogP contribution in [0.4, 0.5) is 0 Å². The molecule has 0 saturated carbocycles. The Kier molecular flexibility index (Phi) is 9.56. The third kappa shape index (κ3) is 6.43. The van der Waals surface area contributed by atoms with E-state index in [-0.39, 0.29) is 6.10 Å². The molecule has 0 spiro atoms. The van der Waals surface area contributed by atoms with E-state index < -0.39 is 0 Å². The van der Waals surface area contributed by atoms with Crippen molar-refractivity contribution < 1.29 is 9.84 Å². The maximum atomic E-state index is 9.64. The molecule has 224 valence electrons. The molecule has 2 aromatic carbocycles. The number of methoxy groups -OCH3 is 1. The van der Waals surface area contributed by atoms with Gasteiger partial charge in [0, 0.05) is 68.6 Å². The minimum atomic E-state index is -0.254. The zero-order valence-corrected chi connectivity index (χ0v) is 27.3. The number of aromatic nitrogens is 4. The van der Waals surface area contributed by atoms with Crippen molar-refractivity contribution in [1.82, 2.24) is 29.7 Å². The zero-order chi connectivity index (χ0) is 30.1. The van der Waals surface area contributed by atoms with Gasteiger partial charge in [-0.3, -0.25) is 19.8 Å². The third-order valence-corrected chi connectivity index (χ3v) is 10.0. The van der Waals surface area contributed by atoms with Crippen LogP contribution in [0.25, 0.3) is 33.6 Å². The minimum absolute atomic E-state index is 0.254. The summed E-state index contributed by atoms with van der Waals surface area (Å²) in [4.78, 5) is 23.8. The van der Waals surface area contributed by atoms with Crippen LogP contribution in [0.2, 0.25) is 10.0 Å². The van der Waals surface area contributed by atoms with E-state index in [2.05, 4.69) is 9.80 Å². The fraction of sp³-hybridized carbons (Fsp3) is 0.355. The third-order valence-electron chi connectivity index (χ3n) is 7.79. The normalized spacial score (nSPS) is 16.3. The summed E-state index contributed by atoms with van der Waals surface area (Å²) in [6, 6.07) is 11.8. The van der Waals surface area contributed by atoms with Gasteiger partial charge in [-0.15, -0.1) is 23.5 Å². The standard InChI is InChI=1S/C31H32Cl2N6O2S2/c1-41-19-14-39(15-19)17-27-31(43-3)37-25(11-35-27)23-9-5-7-21(29(23)33)20-6-4-8-22(28(20)32)24-10-34-26(30(36-24)42-2)16-38-12-18(40)13-38/h4-11,18-19,40H,12-17H2,1-3H3. The molecule has 2 aromatic heterocycles. The van der Waals surface area contributed by atoms with Gasteiger partial charge in [0.25, 0.3) is 0 Å². The molecule has 6 rings (SSSR count). The topological polar surface area (TPSA) is 87.5 Å². The number of hydrogen-bond acceptors (Lipinski definition) is 10. The van der Waals surface area contributed by atoms with E-state index in [0.717, 1.165) is 63.3 Å². The van der Waals surface area contributed by atoms with Crippen molar-refractivity contribution in [3.8, 4) is 33.6 Å². The molecule has 0 atom stereocenters. The van der Waals surface area contributed by atoms with Gasteiger partial charge in [-0.1, -0.05) is 59.6 Å². The molecule has 43 heavy (non-hydrogen) atoms. The molecule has 2 aliphatic rings. The molecule has 0 aliphatic carbocycles. The van der Waals surface area contributed by atoms with E-state index in [0.29, 0.717) is 47.2 Å². The molecule has 2 aliphatic heterocycles. The van der Waals surface area contributed by atoms with E-state index >= 15 is 0 Å². The fourth-order valence-electron chi connectivity index (χ4n) is 5.37. The Morgan fingerprint density at radius 2 is 1.21 bits per heavy atom. The summed E-state index contributed by atoms with van der Waals surface area (Å²) in [5.41, 5.74) is 6.44. The Balaban J connectivity index is 1.29. The van der Waals surface area contributed by atoms with Gasteiger partial charge < -0.3 is 9.84 Å². The molecular weight excluding hydrogens is 623 g/mol. The van der Waals surface area contributed by atoms with Crippen LogP contribution in [0.1, 0.15) is 11.4 Å². The van der Waals surface area contributed by atoms with Crippen LogP contribution >= 0.6 is 46.7 Å². The monoisotopic (exact) mass is 654 g/mol. The van der Waals surface area contributed by atoms with Crippen LogP contribution in [-0.2, 0) is 17.8 Å². The molecule has 0 radical (unpaired) electrons. The van der Waals surface area contributed by atoms with Crippen LogP contribution in [0.15, 0.2) is 58.8 Å². The van der Waals surface area contributed by atoms with Crippen molar-refractivity contribution >= 4 is 46.7 Å².